The summed E-state index contributed by atoms with van der Waals surface area (Å²) < 4.78 is 1.61. The number of benzene rings is 1. The lowest BCUT2D eigenvalue weighted by Crippen LogP contribution is -2.14. The van der Waals surface area contributed by atoms with E-state index in [-0.39, 0.29) is 18.3 Å². The van der Waals surface area contributed by atoms with Gasteiger partial charge in [-0.05, 0) is 30.5 Å². The number of halogens is 1. The molecule has 0 aliphatic carbocycles. The molecule has 20 heavy (non-hydrogen) atoms. The molecule has 0 saturated heterocycles. The molecule has 1 amide bonds. The van der Waals surface area contributed by atoms with Crippen molar-refractivity contribution < 1.29 is 4.79 Å². The highest BCUT2D eigenvalue weighted by Crippen LogP contribution is 2.25. The van der Waals surface area contributed by atoms with Gasteiger partial charge in [-0.25, -0.2) is 0 Å². The van der Waals surface area contributed by atoms with E-state index in [1.807, 2.05) is 12.1 Å². The van der Waals surface area contributed by atoms with Gasteiger partial charge in [0.2, 0.25) is 0 Å². The molecular formula is C14H17ClN4O. The van der Waals surface area contributed by atoms with Gasteiger partial charge in [-0.15, -0.1) is 12.4 Å². The van der Waals surface area contributed by atoms with Gasteiger partial charge < -0.3 is 10.6 Å². The van der Waals surface area contributed by atoms with Crippen LogP contribution in [0.25, 0.3) is 0 Å². The van der Waals surface area contributed by atoms with Crippen LogP contribution in [0.4, 0.5) is 11.4 Å². The molecule has 0 saturated carbocycles. The fraction of sp³-hybridized carbons (Fsp3) is 0.286. The number of nitrogens with zero attached hydrogens (tertiary/aromatic N) is 2. The van der Waals surface area contributed by atoms with Gasteiger partial charge >= 0.3 is 0 Å². The molecule has 5 nitrogen and oxygen atoms in total. The van der Waals surface area contributed by atoms with Crippen LogP contribution in [0.2, 0.25) is 0 Å². The van der Waals surface area contributed by atoms with Crippen LogP contribution in [0.1, 0.15) is 22.3 Å². The number of carbonyl (C=O) groups excluding carboxylic acids is 1. The largest absolute Gasteiger partial charge is 0.385 e. The van der Waals surface area contributed by atoms with Crippen LogP contribution < -0.4 is 10.6 Å². The summed E-state index contributed by atoms with van der Waals surface area (Å²) in [6, 6.07) is 6.00. The van der Waals surface area contributed by atoms with Crippen LogP contribution >= 0.6 is 12.4 Å². The van der Waals surface area contributed by atoms with Gasteiger partial charge in [-0.3, -0.25) is 9.48 Å². The molecule has 3 rings (SSSR count). The number of hydrogen-bond donors (Lipinski definition) is 2. The van der Waals surface area contributed by atoms with Gasteiger partial charge in [-0.1, -0.05) is 6.07 Å². The summed E-state index contributed by atoms with van der Waals surface area (Å²) >= 11 is 0. The highest BCUT2D eigenvalue weighted by atomic mass is 35.5. The average Bonchev–Trinajstić information content (AvgIpc) is 2.85. The maximum atomic E-state index is 12.0. The summed E-state index contributed by atoms with van der Waals surface area (Å²) in [5.41, 5.74) is 3.80. The molecule has 2 aromatic rings. The number of nitrogens with one attached hydrogen (secondary N) is 2. The van der Waals surface area contributed by atoms with Crippen LogP contribution in [0, 0.1) is 0 Å². The molecule has 1 aliphatic heterocycles. The minimum atomic E-state index is -0.135. The van der Waals surface area contributed by atoms with Crippen molar-refractivity contribution in [2.75, 3.05) is 17.2 Å². The summed E-state index contributed by atoms with van der Waals surface area (Å²) in [7, 11) is 1.79. The second-order valence-corrected chi connectivity index (χ2v) is 4.76. The normalized spacial score (nSPS) is 12.8. The molecule has 6 heteroatoms. The maximum absolute atomic E-state index is 12.0. The Bertz CT molecular complexity index is 623. The summed E-state index contributed by atoms with van der Waals surface area (Å²) in [6.45, 7) is 0.993. The summed E-state index contributed by atoms with van der Waals surface area (Å²) in [5.74, 6) is -0.135. The fourth-order valence-electron chi connectivity index (χ4n) is 2.28. The number of anilines is 2. The van der Waals surface area contributed by atoms with E-state index < -0.39 is 0 Å². The monoisotopic (exact) mass is 292 g/mol. The standard InChI is InChI=1S/C14H16N4O.ClH/c1-18-9-11(8-16-18)14(19)17-12-5-4-10-3-2-6-15-13(10)7-12;/h4-5,7-9,15H,2-3,6H2,1H3,(H,17,19);1H. The van der Waals surface area contributed by atoms with E-state index >= 15 is 0 Å². The molecule has 0 fully saturated rings. The van der Waals surface area contributed by atoms with Gasteiger partial charge in [-0.2, -0.15) is 5.10 Å². The SMILES string of the molecule is Cl.Cn1cc(C(=O)Nc2ccc3c(c2)NCCC3)cn1. The predicted octanol–water partition coefficient (Wildman–Crippen LogP) is 2.45. The Morgan fingerprint density at radius 3 is 3.05 bits per heavy atom. The molecule has 106 valence electrons. The first-order chi connectivity index (χ1) is 9.22. The van der Waals surface area contributed by atoms with Crippen molar-refractivity contribution in [3.8, 4) is 0 Å². The van der Waals surface area contributed by atoms with E-state index in [9.17, 15) is 4.79 Å². The Balaban J connectivity index is 0.00000147. The number of amides is 1. The van der Waals surface area contributed by atoms with Gasteiger partial charge in [0, 0.05) is 31.2 Å². The van der Waals surface area contributed by atoms with Crippen molar-refractivity contribution in [3.63, 3.8) is 0 Å². The Kier molecular flexibility index (Phi) is 4.29. The van der Waals surface area contributed by atoms with E-state index in [1.165, 1.54) is 5.56 Å². The molecule has 0 bridgehead atoms. The van der Waals surface area contributed by atoms with E-state index in [1.54, 1.807) is 24.1 Å². The van der Waals surface area contributed by atoms with E-state index in [0.29, 0.717) is 5.56 Å². The molecule has 2 N–H and O–H groups in total. The minimum Gasteiger partial charge on any atom is -0.385 e. The van der Waals surface area contributed by atoms with Gasteiger partial charge in [0.05, 0.1) is 11.8 Å². The lowest BCUT2D eigenvalue weighted by Gasteiger charge is -2.18. The second kappa shape index (κ2) is 5.96. The smallest absolute Gasteiger partial charge is 0.258 e. The maximum Gasteiger partial charge on any atom is 0.258 e. The number of hydrogen-bond acceptors (Lipinski definition) is 3. The third-order valence-corrected chi connectivity index (χ3v) is 3.27. The van der Waals surface area contributed by atoms with E-state index in [0.717, 1.165) is 30.8 Å². The number of fused-ring (bicyclic) bond motifs is 1. The topological polar surface area (TPSA) is 59.0 Å². The van der Waals surface area contributed by atoms with Crippen LogP contribution in [-0.4, -0.2) is 22.2 Å². The van der Waals surface area contributed by atoms with E-state index in [4.69, 9.17) is 0 Å². The molecule has 1 aliphatic rings. The number of aromatic nitrogens is 2. The highest BCUT2D eigenvalue weighted by Gasteiger charge is 2.11. The molecule has 0 unspecified atom stereocenters. The van der Waals surface area contributed by atoms with Crippen LogP contribution in [0.15, 0.2) is 30.6 Å². The Labute approximate surface area is 123 Å². The zero-order valence-corrected chi connectivity index (χ0v) is 12.0. The molecule has 1 aromatic carbocycles. The third kappa shape index (κ3) is 2.93. The molecule has 0 radical (unpaired) electrons. The van der Waals surface area contributed by atoms with Crippen LogP contribution in [0.5, 0.6) is 0 Å². The van der Waals surface area contributed by atoms with Crippen molar-refractivity contribution in [2.24, 2.45) is 7.05 Å². The first kappa shape index (κ1) is 14.4. The van der Waals surface area contributed by atoms with Crippen molar-refractivity contribution in [3.05, 3.63) is 41.7 Å². The van der Waals surface area contributed by atoms with Crippen molar-refractivity contribution in [2.45, 2.75) is 12.8 Å². The first-order valence-electron chi connectivity index (χ1n) is 6.39. The van der Waals surface area contributed by atoms with Crippen LogP contribution in [-0.2, 0) is 13.5 Å². The third-order valence-electron chi connectivity index (χ3n) is 3.27. The summed E-state index contributed by atoms with van der Waals surface area (Å²) in [6.07, 6.45) is 5.52. The lowest BCUT2D eigenvalue weighted by atomic mass is 10.0. The molecular weight excluding hydrogens is 276 g/mol. The van der Waals surface area contributed by atoms with Crippen molar-refractivity contribution >= 4 is 29.7 Å². The number of aryl methyl sites for hydroxylation is 2. The zero-order valence-electron chi connectivity index (χ0n) is 11.2. The predicted molar refractivity (Wildman–Crippen MR) is 81.7 cm³/mol. The molecule has 1 aromatic heterocycles. The summed E-state index contributed by atoms with van der Waals surface area (Å²) in [4.78, 5) is 12.0. The second-order valence-electron chi connectivity index (χ2n) is 4.76. The quantitative estimate of drug-likeness (QED) is 0.894. The van der Waals surface area contributed by atoms with Crippen LogP contribution in [0.3, 0.4) is 0 Å². The van der Waals surface area contributed by atoms with Gasteiger partial charge in [0.15, 0.2) is 0 Å². The molecule has 2 heterocycles. The first-order valence-corrected chi connectivity index (χ1v) is 6.39. The fourth-order valence-corrected chi connectivity index (χ4v) is 2.28. The van der Waals surface area contributed by atoms with Gasteiger partial charge in [0.1, 0.15) is 0 Å². The lowest BCUT2D eigenvalue weighted by molar-refractivity contribution is 0.102. The van der Waals surface area contributed by atoms with Crippen molar-refractivity contribution in [1.82, 2.24) is 9.78 Å². The minimum absolute atomic E-state index is 0. The Morgan fingerprint density at radius 1 is 1.45 bits per heavy atom. The van der Waals surface area contributed by atoms with E-state index in [2.05, 4.69) is 21.8 Å². The van der Waals surface area contributed by atoms with Gasteiger partial charge in [0.25, 0.3) is 5.91 Å². The zero-order chi connectivity index (χ0) is 13.2. The Hall–Kier alpha value is -2.01. The number of carbonyl (C=O) groups is 1. The van der Waals surface area contributed by atoms with Crippen molar-refractivity contribution in [1.29, 1.82) is 0 Å². The average molecular weight is 293 g/mol. The number of rotatable bonds is 2. The Morgan fingerprint density at radius 2 is 2.30 bits per heavy atom. The summed E-state index contributed by atoms with van der Waals surface area (Å²) in [5, 5.41) is 10.2. The molecule has 0 atom stereocenters. The molecule has 0 spiro atoms. The highest BCUT2D eigenvalue weighted by molar-refractivity contribution is 6.04.